The molecule has 1 amide bonds. The monoisotopic (exact) mass is 352 g/mol. The first-order valence-electron chi connectivity index (χ1n) is 7.14. The summed E-state index contributed by atoms with van der Waals surface area (Å²) in [6, 6.07) is 8.82. The lowest BCUT2D eigenvalue weighted by Crippen LogP contribution is -2.35. The highest BCUT2D eigenvalue weighted by Crippen LogP contribution is 2.21. The maximum Gasteiger partial charge on any atom is 0.509 e. The van der Waals surface area contributed by atoms with E-state index in [0.29, 0.717) is 6.07 Å². The van der Waals surface area contributed by atoms with Gasteiger partial charge in [-0.15, -0.1) is 5.46 Å². The van der Waals surface area contributed by atoms with Gasteiger partial charge in [0.05, 0.1) is 25.3 Å². The molecular weight excluding hydrogens is 338 g/mol. The van der Waals surface area contributed by atoms with E-state index in [4.69, 9.17) is 4.74 Å². The zero-order chi connectivity index (χ0) is 18.6. The lowest BCUT2D eigenvalue weighted by Gasteiger charge is -2.18. The molecule has 5 nitrogen and oxygen atoms in total. The van der Waals surface area contributed by atoms with Crippen LogP contribution in [0, 0.1) is 0 Å². The van der Waals surface area contributed by atoms with Crippen molar-refractivity contribution in [2.75, 3.05) is 19.5 Å². The highest BCUT2D eigenvalue weighted by atomic mass is 19.4. The number of anilines is 1. The minimum Gasteiger partial charge on any atom is -0.496 e. The summed E-state index contributed by atoms with van der Waals surface area (Å²) in [5.41, 5.74) is -1.35. The fourth-order valence-electron chi connectivity index (χ4n) is 2.18. The van der Waals surface area contributed by atoms with Crippen LogP contribution >= 0.6 is 0 Å². The van der Waals surface area contributed by atoms with Gasteiger partial charge in [0, 0.05) is 5.69 Å². The zero-order valence-electron chi connectivity index (χ0n) is 13.4. The molecule has 0 radical (unpaired) electrons. The van der Waals surface area contributed by atoms with E-state index in [0.717, 1.165) is 19.2 Å². The van der Waals surface area contributed by atoms with Crippen LogP contribution in [0.2, 0.25) is 0 Å². The van der Waals surface area contributed by atoms with E-state index in [1.54, 1.807) is 18.2 Å². The Morgan fingerprint density at radius 1 is 1.04 bits per heavy atom. The van der Waals surface area contributed by atoms with Crippen molar-refractivity contribution < 1.29 is 32.0 Å². The predicted molar refractivity (Wildman–Crippen MR) is 87.4 cm³/mol. The number of amides is 1. The molecule has 0 saturated heterocycles. The Hall–Kier alpha value is -2.97. The van der Waals surface area contributed by atoms with Gasteiger partial charge >= 0.3 is 12.9 Å². The number of carbonyl (C=O) groups excluding carboxylic acids is 2. The Morgan fingerprint density at radius 2 is 1.72 bits per heavy atom. The van der Waals surface area contributed by atoms with Gasteiger partial charge in [-0.25, -0.2) is 4.79 Å². The quantitative estimate of drug-likeness (QED) is 0.664. The third-order valence-electron chi connectivity index (χ3n) is 3.36. The summed E-state index contributed by atoms with van der Waals surface area (Å²) in [6.07, 6.45) is 0. The Kier molecular flexibility index (Phi) is 5.36. The average Bonchev–Trinajstić information content (AvgIpc) is 2.59. The molecule has 9 heteroatoms. The first-order chi connectivity index (χ1) is 11.8. The van der Waals surface area contributed by atoms with Crippen LogP contribution in [0.3, 0.4) is 0 Å². The molecule has 132 valence electrons. The Balaban J connectivity index is 2.41. The van der Waals surface area contributed by atoms with Gasteiger partial charge in [-0.3, -0.25) is 4.79 Å². The number of hydrogen-bond donors (Lipinski definition) is 1. The van der Waals surface area contributed by atoms with Gasteiger partial charge in [0.15, 0.2) is 0 Å². The zero-order valence-corrected chi connectivity index (χ0v) is 13.4. The minimum atomic E-state index is -5.36. The van der Waals surface area contributed by atoms with E-state index in [1.165, 1.54) is 13.2 Å². The van der Waals surface area contributed by atoms with Gasteiger partial charge in [0.1, 0.15) is 5.75 Å². The topological polar surface area (TPSA) is 64.6 Å². The molecular formula is C16H14BF3NO4-. The smallest absolute Gasteiger partial charge is 0.496 e. The summed E-state index contributed by atoms with van der Waals surface area (Å²) >= 11 is 0. The van der Waals surface area contributed by atoms with Crippen molar-refractivity contribution in [3.05, 3.63) is 53.6 Å². The molecule has 0 bridgehead atoms. The van der Waals surface area contributed by atoms with Crippen LogP contribution in [0.5, 0.6) is 5.75 Å². The third-order valence-corrected chi connectivity index (χ3v) is 3.36. The minimum absolute atomic E-state index is 0.146. The lowest BCUT2D eigenvalue weighted by atomic mass is 9.79. The van der Waals surface area contributed by atoms with E-state index >= 15 is 0 Å². The molecule has 2 rings (SSSR count). The molecule has 0 aliphatic rings. The molecule has 0 spiro atoms. The van der Waals surface area contributed by atoms with Crippen LogP contribution in [0.4, 0.5) is 18.6 Å². The summed E-state index contributed by atoms with van der Waals surface area (Å²) in [6.45, 7) is -5.36. The number of para-hydroxylation sites is 1. The first kappa shape index (κ1) is 18.4. The molecule has 0 atom stereocenters. The molecule has 2 aromatic carbocycles. The maximum absolute atomic E-state index is 13.1. The maximum atomic E-state index is 13.1. The molecule has 0 unspecified atom stereocenters. The Labute approximate surface area is 141 Å². The number of benzene rings is 2. The third kappa shape index (κ3) is 4.31. The second-order valence-corrected chi connectivity index (χ2v) is 5.06. The van der Waals surface area contributed by atoms with Crippen molar-refractivity contribution in [1.82, 2.24) is 0 Å². The van der Waals surface area contributed by atoms with Crippen LogP contribution in [0.1, 0.15) is 20.7 Å². The van der Waals surface area contributed by atoms with Gasteiger partial charge in [-0.05, 0) is 18.2 Å². The number of methoxy groups -OCH3 is 2. The summed E-state index contributed by atoms with van der Waals surface area (Å²) in [5, 5.41) is 2.35. The van der Waals surface area contributed by atoms with Gasteiger partial charge < -0.3 is 27.7 Å². The van der Waals surface area contributed by atoms with Crippen molar-refractivity contribution in [3.63, 3.8) is 0 Å². The van der Waals surface area contributed by atoms with Gasteiger partial charge in [-0.1, -0.05) is 24.3 Å². The van der Waals surface area contributed by atoms with Gasteiger partial charge in [0.2, 0.25) is 0 Å². The van der Waals surface area contributed by atoms with Gasteiger partial charge in [-0.2, -0.15) is 0 Å². The summed E-state index contributed by atoms with van der Waals surface area (Å²) < 4.78 is 48.7. The number of rotatable bonds is 5. The number of nitrogens with one attached hydrogen (secondary N) is 1. The van der Waals surface area contributed by atoms with Crippen molar-refractivity contribution in [2.24, 2.45) is 0 Å². The highest BCUT2D eigenvalue weighted by molar-refractivity contribution is 6.73. The largest absolute Gasteiger partial charge is 0.509 e. The Morgan fingerprint density at radius 3 is 2.32 bits per heavy atom. The van der Waals surface area contributed by atoms with Crippen LogP contribution in [0.15, 0.2) is 42.5 Å². The molecule has 0 fully saturated rings. The number of esters is 1. The van der Waals surface area contributed by atoms with E-state index in [9.17, 15) is 22.5 Å². The van der Waals surface area contributed by atoms with Crippen molar-refractivity contribution in [3.8, 4) is 5.75 Å². The van der Waals surface area contributed by atoms with Crippen molar-refractivity contribution in [2.45, 2.75) is 0 Å². The summed E-state index contributed by atoms with van der Waals surface area (Å²) in [5.74, 6) is -1.33. The predicted octanol–water partition coefficient (Wildman–Crippen LogP) is 2.79. The standard InChI is InChI=1S/C16H14BF3NO4/c1-24-14-6-4-3-5-13(14)15(22)21-12-8-10(16(23)25-2)7-11(9-12)17(18,19)20/h3-9H,1-2H3,(H,21,22)/q-1. The molecule has 0 saturated carbocycles. The average molecular weight is 352 g/mol. The molecule has 25 heavy (non-hydrogen) atoms. The highest BCUT2D eigenvalue weighted by Gasteiger charge is 2.27. The normalized spacial score (nSPS) is 10.9. The van der Waals surface area contributed by atoms with Crippen LogP contribution < -0.4 is 15.5 Å². The first-order valence-corrected chi connectivity index (χ1v) is 7.14. The van der Waals surface area contributed by atoms with Crippen LogP contribution in [0.25, 0.3) is 0 Å². The van der Waals surface area contributed by atoms with Gasteiger partial charge in [0.25, 0.3) is 5.91 Å². The SMILES string of the molecule is COC(=O)c1cc(NC(=O)c2ccccc2OC)cc([B-](F)(F)F)c1. The molecule has 0 heterocycles. The summed E-state index contributed by atoms with van der Waals surface area (Å²) in [4.78, 5) is 23.9. The number of hydrogen-bond acceptors (Lipinski definition) is 4. The van der Waals surface area contributed by atoms with Crippen LogP contribution in [-0.4, -0.2) is 33.1 Å². The summed E-state index contributed by atoms with van der Waals surface area (Å²) in [7, 11) is 2.43. The molecule has 0 aliphatic carbocycles. The fraction of sp³-hybridized carbons (Fsp3) is 0.125. The van der Waals surface area contributed by atoms with Crippen molar-refractivity contribution >= 4 is 30.0 Å². The van der Waals surface area contributed by atoms with Crippen molar-refractivity contribution in [1.29, 1.82) is 0 Å². The van der Waals surface area contributed by atoms with Crippen LogP contribution in [-0.2, 0) is 4.74 Å². The lowest BCUT2D eigenvalue weighted by molar-refractivity contribution is 0.0600. The number of carbonyl (C=O) groups is 2. The number of ether oxygens (including phenoxy) is 2. The second-order valence-electron chi connectivity index (χ2n) is 5.06. The Bertz CT molecular complexity index is 808. The van der Waals surface area contributed by atoms with E-state index < -0.39 is 24.3 Å². The molecule has 2 aromatic rings. The second kappa shape index (κ2) is 7.29. The molecule has 1 N–H and O–H groups in total. The fourth-order valence-corrected chi connectivity index (χ4v) is 2.18. The van der Waals surface area contributed by atoms with E-state index in [1.807, 2.05) is 0 Å². The molecule has 0 aliphatic heterocycles. The molecule has 0 aromatic heterocycles. The van der Waals surface area contributed by atoms with E-state index in [2.05, 4.69) is 10.1 Å². The number of halogens is 3. The van der Waals surface area contributed by atoms with E-state index in [-0.39, 0.29) is 22.6 Å².